The van der Waals surface area contributed by atoms with Crippen LogP contribution in [0.3, 0.4) is 0 Å². The number of nitriles is 2. The number of rotatable bonds is 8. The quantitative estimate of drug-likeness (QED) is 0.140. The molecule has 13 aromatic rings. The highest BCUT2D eigenvalue weighted by atomic mass is 15.0. The van der Waals surface area contributed by atoms with Gasteiger partial charge in [-0.15, -0.1) is 0 Å². The third kappa shape index (κ3) is 8.07. The van der Waals surface area contributed by atoms with Crippen molar-refractivity contribution in [1.29, 1.82) is 10.5 Å². The van der Waals surface area contributed by atoms with Crippen molar-refractivity contribution in [2.24, 2.45) is 0 Å². The molecule has 13 rings (SSSR count). The van der Waals surface area contributed by atoms with Crippen LogP contribution in [0, 0.1) is 55.5 Å². The van der Waals surface area contributed by atoms with Crippen LogP contribution < -0.4 is 0 Å². The Morgan fingerprint density at radius 2 is 0.854 bits per heavy atom. The number of aromatic nitrogens is 5. The van der Waals surface area contributed by atoms with Crippen LogP contribution in [0.25, 0.3) is 147 Å². The number of para-hydroxylation sites is 2. The van der Waals surface area contributed by atoms with Gasteiger partial charge in [0.25, 0.3) is 0 Å². The fourth-order valence-corrected chi connectivity index (χ4v) is 11.1. The van der Waals surface area contributed by atoms with E-state index in [2.05, 4.69) is 45.5 Å². The Balaban J connectivity index is 1.07. The van der Waals surface area contributed by atoms with Gasteiger partial charge in [0.05, 0.1) is 72.8 Å². The van der Waals surface area contributed by atoms with Gasteiger partial charge in [0.15, 0.2) is 45.9 Å². The first-order valence-corrected chi connectivity index (χ1v) is 25.6. The van der Waals surface area contributed by atoms with E-state index in [4.69, 9.17) is 47.8 Å². The number of nitrogens with zero attached hydrogens (tertiary/aromatic N) is 12. The minimum absolute atomic E-state index is 0.209. The predicted molar refractivity (Wildman–Crippen MR) is 322 cm³/mol. The first-order chi connectivity index (χ1) is 40.3. The highest BCUT2D eigenvalue weighted by Crippen LogP contribution is 2.47. The van der Waals surface area contributed by atoms with Crippen LogP contribution in [0.4, 0.5) is 28.4 Å². The van der Waals surface area contributed by atoms with E-state index in [-0.39, 0.29) is 33.9 Å². The molecule has 0 aliphatic rings. The molecule has 0 aliphatic heterocycles. The molecule has 374 valence electrons. The average Bonchev–Trinajstić information content (AvgIpc) is 4.10. The van der Waals surface area contributed by atoms with E-state index in [1.54, 1.807) is 0 Å². The molecule has 0 saturated heterocycles. The summed E-state index contributed by atoms with van der Waals surface area (Å²) in [5.74, 6) is 1.40. The Labute approximate surface area is 469 Å². The Bertz CT molecular complexity index is 5070. The third-order valence-electron chi connectivity index (χ3n) is 14.7. The summed E-state index contributed by atoms with van der Waals surface area (Å²) in [7, 11) is 0. The van der Waals surface area contributed by atoms with Crippen LogP contribution in [0.1, 0.15) is 11.1 Å². The molecular weight excluding hydrogens is 1010 g/mol. The second-order valence-corrected chi connectivity index (χ2v) is 19.2. The van der Waals surface area contributed by atoms with Crippen LogP contribution in [0.5, 0.6) is 0 Å². The molecule has 0 unspecified atom stereocenters. The lowest BCUT2D eigenvalue weighted by atomic mass is 9.96. The van der Waals surface area contributed by atoms with Gasteiger partial charge in [-0.2, -0.15) is 10.5 Å². The molecule has 0 spiro atoms. The van der Waals surface area contributed by atoms with Crippen LogP contribution in [0.2, 0.25) is 0 Å². The van der Waals surface area contributed by atoms with Crippen LogP contribution in [0.15, 0.2) is 206 Å². The van der Waals surface area contributed by atoms with Crippen molar-refractivity contribution in [2.75, 3.05) is 0 Å². The Morgan fingerprint density at radius 3 is 1.41 bits per heavy atom. The zero-order chi connectivity index (χ0) is 56.0. The second kappa shape index (κ2) is 20.0. The van der Waals surface area contributed by atoms with Gasteiger partial charge in [0.2, 0.25) is 0 Å². The summed E-state index contributed by atoms with van der Waals surface area (Å²) in [5, 5.41) is 23.6. The molecule has 0 bridgehead atoms. The van der Waals surface area contributed by atoms with E-state index >= 15 is 0 Å². The third-order valence-corrected chi connectivity index (χ3v) is 14.7. The average molecular weight is 1040 g/mol. The van der Waals surface area contributed by atoms with Crippen molar-refractivity contribution in [1.82, 2.24) is 24.1 Å². The fraction of sp³-hybridized carbons (Fsp3) is 0. The van der Waals surface area contributed by atoms with Crippen molar-refractivity contribution < 1.29 is 0 Å². The molecule has 0 radical (unpaired) electrons. The summed E-state index contributed by atoms with van der Waals surface area (Å²) in [5.41, 5.74) is 12.5. The largest absolute Gasteiger partial charge is 0.309 e. The number of hydrogen-bond donors (Lipinski definition) is 0. The standard InChI is InChI=1S/C70H34N12/c1-73-49-34-48(41-72)66(60(38-49)77-5)45-24-30-64-55(35-45)52-21-13-15-23-62(52)82(64)65-31-26-47(70-79-68(43-16-8-6-9-17-43)78-69(80-70)44-18-10-7-11-19-44)37-56(65)53-39-50(27-28-57(53)74-2)81-61-22-14-12-20-51(61)54-36-46(25-29-63(54)81)67-58(75-3)32-42(40-71)33-59(67)76-4/h6-39H. The SMILES string of the molecule is [C-]#[N+]c1cc(C#N)c(-c2ccc3c(c2)c2ccccc2n3-c2ccc(-c3nc(-c4ccccc4)nc(-c4ccccc4)n3)cc2-c2cc(-n3c4ccccc4c4cc(-c5c([N+]#[C-])cc(C#N)cc5[N+]#[C-])ccc43)ccc2[N+]#[C-])c([N+]#[C-])c1. The minimum Gasteiger partial charge on any atom is -0.309 e. The number of benzene rings is 10. The van der Waals surface area contributed by atoms with Gasteiger partial charge in [0, 0.05) is 60.6 Å². The van der Waals surface area contributed by atoms with Crippen molar-refractivity contribution in [2.45, 2.75) is 0 Å². The molecule has 82 heavy (non-hydrogen) atoms. The van der Waals surface area contributed by atoms with E-state index in [1.807, 2.05) is 182 Å². The number of hydrogen-bond acceptors (Lipinski definition) is 5. The Morgan fingerprint density at radius 1 is 0.354 bits per heavy atom. The van der Waals surface area contributed by atoms with Gasteiger partial charge in [0.1, 0.15) is 0 Å². The first-order valence-electron chi connectivity index (χ1n) is 25.6. The lowest BCUT2D eigenvalue weighted by molar-refractivity contribution is 1.07. The molecule has 10 aromatic carbocycles. The molecule has 12 heteroatoms. The highest BCUT2D eigenvalue weighted by molar-refractivity contribution is 6.13. The number of fused-ring (bicyclic) bond motifs is 6. The molecule has 0 atom stereocenters. The van der Waals surface area contributed by atoms with Gasteiger partial charge in [-0.1, -0.05) is 121 Å². The Kier molecular flexibility index (Phi) is 11.9. The van der Waals surface area contributed by atoms with Gasteiger partial charge in [-0.25, -0.2) is 39.2 Å². The zero-order valence-corrected chi connectivity index (χ0v) is 43.0. The van der Waals surface area contributed by atoms with Crippen molar-refractivity contribution in [3.8, 4) is 91.1 Å². The van der Waals surface area contributed by atoms with E-state index in [0.717, 1.165) is 66.1 Å². The minimum atomic E-state index is 0.209. The van der Waals surface area contributed by atoms with E-state index in [9.17, 15) is 10.5 Å². The maximum atomic E-state index is 10.4. The van der Waals surface area contributed by atoms with Gasteiger partial charge in [-0.05, 0) is 113 Å². The van der Waals surface area contributed by atoms with E-state index in [0.29, 0.717) is 62.1 Å². The molecule has 0 saturated carbocycles. The van der Waals surface area contributed by atoms with Crippen LogP contribution >= 0.6 is 0 Å². The summed E-state index contributed by atoms with van der Waals surface area (Å²) in [6.07, 6.45) is 0. The van der Waals surface area contributed by atoms with Crippen molar-refractivity contribution >= 4 is 72.0 Å². The smallest absolute Gasteiger partial charge is 0.195 e. The molecule has 0 amide bonds. The molecule has 0 aliphatic carbocycles. The molecule has 3 aromatic heterocycles. The summed E-state index contributed by atoms with van der Waals surface area (Å²) >= 11 is 0. The Hall–Kier alpha value is -12.8. The molecule has 0 N–H and O–H groups in total. The van der Waals surface area contributed by atoms with Crippen molar-refractivity contribution in [3.63, 3.8) is 0 Å². The lowest BCUT2D eigenvalue weighted by Crippen LogP contribution is -2.02. The lowest BCUT2D eigenvalue weighted by Gasteiger charge is -2.18. The summed E-state index contributed by atoms with van der Waals surface area (Å²) in [6, 6.07) is 69.7. The predicted octanol–water partition coefficient (Wildman–Crippen LogP) is 18.6. The zero-order valence-electron chi connectivity index (χ0n) is 43.0. The molecule has 12 nitrogen and oxygen atoms in total. The van der Waals surface area contributed by atoms with Gasteiger partial charge < -0.3 is 9.13 Å². The second-order valence-electron chi connectivity index (χ2n) is 19.2. The normalized spacial score (nSPS) is 10.8. The molecular formula is C70H34N12. The monoisotopic (exact) mass is 1040 g/mol. The van der Waals surface area contributed by atoms with E-state index in [1.165, 1.54) is 24.3 Å². The fourth-order valence-electron chi connectivity index (χ4n) is 11.1. The maximum absolute atomic E-state index is 10.4. The highest BCUT2D eigenvalue weighted by Gasteiger charge is 2.24. The van der Waals surface area contributed by atoms with Crippen molar-refractivity contribution in [3.05, 3.63) is 274 Å². The summed E-state index contributed by atoms with van der Waals surface area (Å²) in [6.45, 7) is 40.6. The van der Waals surface area contributed by atoms with E-state index < -0.39 is 0 Å². The maximum Gasteiger partial charge on any atom is 0.195 e. The van der Waals surface area contributed by atoms with Crippen LogP contribution in [-0.4, -0.2) is 24.1 Å². The topological polar surface area (TPSA) is 118 Å². The van der Waals surface area contributed by atoms with Crippen LogP contribution in [-0.2, 0) is 0 Å². The first kappa shape index (κ1) is 48.9. The van der Waals surface area contributed by atoms with Gasteiger partial charge in [-0.3, -0.25) is 0 Å². The molecule has 3 heterocycles. The summed E-state index contributed by atoms with van der Waals surface area (Å²) in [4.78, 5) is 34.2. The molecule has 0 fully saturated rings. The van der Waals surface area contributed by atoms with Gasteiger partial charge >= 0.3 is 0 Å². The summed E-state index contributed by atoms with van der Waals surface area (Å²) < 4.78 is 4.33.